The lowest BCUT2D eigenvalue weighted by Crippen LogP contribution is -2.58. The third kappa shape index (κ3) is 14.1. The topological polar surface area (TPSA) is 172 Å². The number of rotatable bonds is 10. The zero-order valence-electron chi connectivity index (χ0n) is 29.0. The first kappa shape index (κ1) is 39.2. The number of carbonyl (C=O) groups excluding carboxylic acids is 6. The van der Waals surface area contributed by atoms with Crippen LogP contribution in [0.15, 0.2) is 30.3 Å². The summed E-state index contributed by atoms with van der Waals surface area (Å²) in [6.45, 7) is 12.7. The molecule has 1 fully saturated rings. The van der Waals surface area contributed by atoms with Crippen LogP contribution in [-0.4, -0.2) is 72.3 Å². The highest BCUT2D eigenvalue weighted by atomic mass is 16.5. The van der Waals surface area contributed by atoms with Crippen molar-refractivity contribution in [2.75, 3.05) is 6.54 Å². The lowest BCUT2D eigenvalue weighted by Gasteiger charge is -2.27. The van der Waals surface area contributed by atoms with Gasteiger partial charge in [0.2, 0.25) is 29.5 Å². The Balaban J connectivity index is 2.47. The van der Waals surface area contributed by atoms with Gasteiger partial charge >= 0.3 is 5.97 Å². The highest BCUT2D eigenvalue weighted by molar-refractivity contribution is 5.95. The Morgan fingerprint density at radius 1 is 0.745 bits per heavy atom. The molecule has 2 rings (SSSR count). The van der Waals surface area contributed by atoms with Gasteiger partial charge in [0.1, 0.15) is 30.3 Å². The van der Waals surface area contributed by atoms with Crippen molar-refractivity contribution in [2.45, 2.75) is 124 Å². The van der Waals surface area contributed by atoms with Crippen LogP contribution in [0.5, 0.6) is 0 Å². The summed E-state index contributed by atoms with van der Waals surface area (Å²) >= 11 is 0. The summed E-state index contributed by atoms with van der Waals surface area (Å²) in [5, 5.41) is 13.5. The number of nitrogens with one attached hydrogen (secondary N) is 5. The molecule has 12 heteroatoms. The van der Waals surface area contributed by atoms with E-state index in [2.05, 4.69) is 26.6 Å². The van der Waals surface area contributed by atoms with Crippen LogP contribution < -0.4 is 26.6 Å². The molecule has 1 aliphatic heterocycles. The van der Waals surface area contributed by atoms with Gasteiger partial charge in [-0.2, -0.15) is 0 Å². The monoisotopic (exact) mass is 657 g/mol. The van der Waals surface area contributed by atoms with E-state index in [-0.39, 0.29) is 43.6 Å². The van der Waals surface area contributed by atoms with E-state index in [4.69, 9.17) is 4.74 Å². The molecule has 262 valence electrons. The minimum Gasteiger partial charge on any atom is -0.460 e. The van der Waals surface area contributed by atoms with Crippen LogP contribution in [0.3, 0.4) is 0 Å². The number of carbonyl (C=O) groups is 6. The van der Waals surface area contributed by atoms with Gasteiger partial charge in [0.05, 0.1) is 13.0 Å². The van der Waals surface area contributed by atoms with Gasteiger partial charge in [-0.25, -0.2) is 4.79 Å². The molecular formula is C35H55N5O7. The van der Waals surface area contributed by atoms with Gasteiger partial charge in [0.25, 0.3) is 0 Å². The van der Waals surface area contributed by atoms with Gasteiger partial charge in [0.15, 0.2) is 0 Å². The van der Waals surface area contributed by atoms with Crippen LogP contribution >= 0.6 is 0 Å². The van der Waals surface area contributed by atoms with Crippen molar-refractivity contribution >= 4 is 35.5 Å². The van der Waals surface area contributed by atoms with Gasteiger partial charge < -0.3 is 31.3 Å². The van der Waals surface area contributed by atoms with E-state index >= 15 is 0 Å². The summed E-state index contributed by atoms with van der Waals surface area (Å²) in [4.78, 5) is 79.9. The third-order valence-corrected chi connectivity index (χ3v) is 8.08. The van der Waals surface area contributed by atoms with Gasteiger partial charge in [-0.05, 0) is 49.5 Å². The van der Waals surface area contributed by atoms with Gasteiger partial charge in [-0.15, -0.1) is 0 Å². The van der Waals surface area contributed by atoms with Crippen molar-refractivity contribution in [3.63, 3.8) is 0 Å². The summed E-state index contributed by atoms with van der Waals surface area (Å²) in [6.07, 6.45) is 2.18. The molecule has 1 saturated heterocycles. The van der Waals surface area contributed by atoms with Crippen LogP contribution in [0.2, 0.25) is 0 Å². The van der Waals surface area contributed by atoms with Crippen molar-refractivity contribution in [1.82, 2.24) is 26.6 Å². The molecule has 5 N–H and O–H groups in total. The van der Waals surface area contributed by atoms with Crippen LogP contribution in [-0.2, 0) is 39.9 Å². The zero-order chi connectivity index (χ0) is 35.1. The second-order valence-corrected chi connectivity index (χ2v) is 13.5. The van der Waals surface area contributed by atoms with Gasteiger partial charge in [0, 0.05) is 6.42 Å². The molecule has 47 heavy (non-hydrogen) atoms. The molecule has 12 nitrogen and oxygen atoms in total. The number of unbranched alkanes of at least 4 members (excludes halogenated alkanes) is 1. The number of amides is 5. The van der Waals surface area contributed by atoms with E-state index in [0.717, 1.165) is 18.4 Å². The maximum Gasteiger partial charge on any atom is 0.329 e. The van der Waals surface area contributed by atoms with E-state index in [1.54, 1.807) is 0 Å². The summed E-state index contributed by atoms with van der Waals surface area (Å²) < 4.78 is 5.94. The van der Waals surface area contributed by atoms with E-state index in [1.807, 2.05) is 71.9 Å². The zero-order valence-corrected chi connectivity index (χ0v) is 29.0. The predicted molar refractivity (Wildman–Crippen MR) is 179 cm³/mol. The standard InChI is InChI=1S/C35H55N5O7/c1-8-9-13-23(6)29-19-30(41)36-20-31(42)38-26(16-21(2)3)34(45)39-27(17-22(4)5)33(44)37-24(7)32(43)40-28(35(46)47-29)18-25-14-11-10-12-15-25/h10-12,14-15,21-24,26-29H,8-9,13,16-20H2,1-7H3,(H,36,41)(H,37,44)(H,38,42)(H,39,45)(H,40,43). The fourth-order valence-electron chi connectivity index (χ4n) is 5.38. The molecule has 1 aliphatic rings. The number of hydrogen-bond donors (Lipinski definition) is 5. The average molecular weight is 658 g/mol. The maximum absolute atomic E-state index is 13.7. The molecule has 0 aliphatic carbocycles. The molecule has 6 unspecified atom stereocenters. The molecule has 6 atom stereocenters. The van der Waals surface area contributed by atoms with Crippen LogP contribution in [0.25, 0.3) is 0 Å². The molecule has 0 spiro atoms. The molecular weight excluding hydrogens is 602 g/mol. The minimum atomic E-state index is -1.11. The van der Waals surface area contributed by atoms with Crippen molar-refractivity contribution in [2.24, 2.45) is 17.8 Å². The van der Waals surface area contributed by atoms with Gasteiger partial charge in [-0.1, -0.05) is 84.7 Å². The molecule has 1 aromatic rings. The number of esters is 1. The quantitative estimate of drug-likeness (QED) is 0.241. The summed E-state index contributed by atoms with van der Waals surface area (Å²) in [6, 6.07) is 5.02. The van der Waals surface area contributed by atoms with Crippen molar-refractivity contribution < 1.29 is 33.5 Å². The molecule has 1 aromatic carbocycles. The summed E-state index contributed by atoms with van der Waals surface area (Å²) in [7, 11) is 0. The Labute approximate surface area is 279 Å². The maximum atomic E-state index is 13.7. The van der Waals surface area contributed by atoms with E-state index < -0.39 is 65.8 Å². The molecule has 0 saturated carbocycles. The van der Waals surface area contributed by atoms with Crippen LogP contribution in [0.4, 0.5) is 0 Å². The Hall–Kier alpha value is -3.96. The van der Waals surface area contributed by atoms with E-state index in [0.29, 0.717) is 12.8 Å². The largest absolute Gasteiger partial charge is 0.460 e. The average Bonchev–Trinajstić information content (AvgIpc) is 3.00. The first-order valence-electron chi connectivity index (χ1n) is 16.9. The number of hydrogen-bond acceptors (Lipinski definition) is 7. The highest BCUT2D eigenvalue weighted by Crippen LogP contribution is 2.20. The Bertz CT molecular complexity index is 1210. The molecule has 5 amide bonds. The van der Waals surface area contributed by atoms with Crippen molar-refractivity contribution in [3.8, 4) is 0 Å². The lowest BCUT2D eigenvalue weighted by atomic mass is 9.95. The van der Waals surface area contributed by atoms with E-state index in [9.17, 15) is 28.8 Å². The van der Waals surface area contributed by atoms with Gasteiger partial charge in [-0.3, -0.25) is 24.0 Å². The first-order chi connectivity index (χ1) is 22.2. The van der Waals surface area contributed by atoms with Crippen molar-refractivity contribution in [3.05, 3.63) is 35.9 Å². The molecule has 0 radical (unpaired) electrons. The molecule has 0 aromatic heterocycles. The predicted octanol–water partition coefficient (Wildman–Crippen LogP) is 2.54. The SMILES string of the molecule is CCCCC(C)C1CC(=O)NCC(=O)NC(CC(C)C)C(=O)NC(CC(C)C)C(=O)NC(C)C(=O)NC(Cc2ccccc2)C(=O)O1. The third-order valence-electron chi connectivity index (χ3n) is 8.08. The number of ether oxygens (including phenoxy) is 1. The first-order valence-corrected chi connectivity index (χ1v) is 16.9. The minimum absolute atomic E-state index is 0.0165. The second-order valence-electron chi connectivity index (χ2n) is 13.5. The van der Waals surface area contributed by atoms with Crippen LogP contribution in [0.1, 0.15) is 92.6 Å². The normalized spacial score (nSPS) is 24.9. The highest BCUT2D eigenvalue weighted by Gasteiger charge is 2.33. The molecule has 1 heterocycles. The number of benzene rings is 1. The smallest absolute Gasteiger partial charge is 0.329 e. The fourth-order valence-corrected chi connectivity index (χ4v) is 5.38. The molecule has 0 bridgehead atoms. The summed E-state index contributed by atoms with van der Waals surface area (Å²) in [5.74, 6) is -3.62. The fraction of sp³-hybridized carbons (Fsp3) is 0.657. The lowest BCUT2D eigenvalue weighted by molar-refractivity contribution is -0.157. The van der Waals surface area contributed by atoms with Crippen LogP contribution in [0, 0.1) is 17.8 Å². The Morgan fingerprint density at radius 3 is 1.91 bits per heavy atom. The Kier molecular flexibility index (Phi) is 16.4. The van der Waals surface area contributed by atoms with E-state index in [1.165, 1.54) is 6.92 Å². The number of cyclic esters (lactones) is 1. The van der Waals surface area contributed by atoms with Crippen molar-refractivity contribution in [1.29, 1.82) is 0 Å². The Morgan fingerprint density at radius 2 is 1.32 bits per heavy atom. The second kappa shape index (κ2) is 19.6. The summed E-state index contributed by atoms with van der Waals surface area (Å²) in [5.41, 5.74) is 0.778.